The van der Waals surface area contributed by atoms with Crippen molar-refractivity contribution in [1.29, 1.82) is 0 Å². The maximum atomic E-state index is 12.9. The van der Waals surface area contributed by atoms with Gasteiger partial charge in [-0.05, 0) is 39.2 Å². The Bertz CT molecular complexity index is 551. The molecule has 1 aromatic heterocycles. The van der Waals surface area contributed by atoms with Crippen molar-refractivity contribution in [3.63, 3.8) is 0 Å². The summed E-state index contributed by atoms with van der Waals surface area (Å²) in [5.41, 5.74) is 1.02. The third-order valence-corrected chi connectivity index (χ3v) is 4.29. The van der Waals surface area contributed by atoms with Gasteiger partial charge in [0, 0.05) is 25.2 Å². The van der Waals surface area contributed by atoms with Crippen LogP contribution in [0.4, 0.5) is 13.2 Å². The molecule has 7 heteroatoms. The Balaban J connectivity index is 1.88. The first-order valence-electron chi connectivity index (χ1n) is 7.89. The van der Waals surface area contributed by atoms with Crippen molar-refractivity contribution >= 4 is 5.96 Å². The molecule has 0 bridgehead atoms. The fraction of sp³-hybridized carbons (Fsp3) is 0.688. The lowest BCUT2D eigenvalue weighted by Gasteiger charge is -2.31. The van der Waals surface area contributed by atoms with Crippen LogP contribution in [0.3, 0.4) is 0 Å². The smallest absolute Gasteiger partial charge is 0.391 e. The van der Waals surface area contributed by atoms with Gasteiger partial charge in [0.05, 0.1) is 5.92 Å². The van der Waals surface area contributed by atoms with Crippen molar-refractivity contribution in [2.75, 3.05) is 7.05 Å². The van der Waals surface area contributed by atoms with Crippen molar-refractivity contribution in [3.05, 3.63) is 23.2 Å². The summed E-state index contributed by atoms with van der Waals surface area (Å²) in [4.78, 5) is 4.10. The molecule has 0 aromatic carbocycles. The van der Waals surface area contributed by atoms with Gasteiger partial charge in [-0.3, -0.25) is 4.99 Å². The first kappa shape index (κ1) is 17.7. The zero-order valence-electron chi connectivity index (χ0n) is 13.8. The number of rotatable bonds is 3. The average Bonchev–Trinajstić information content (AvgIpc) is 2.81. The molecule has 0 amide bonds. The number of aliphatic imine (C=N–C) groups is 1. The summed E-state index contributed by atoms with van der Waals surface area (Å²) in [5, 5.41) is 6.25. The van der Waals surface area contributed by atoms with Crippen molar-refractivity contribution in [2.24, 2.45) is 10.9 Å². The van der Waals surface area contributed by atoms with Gasteiger partial charge in [-0.25, -0.2) is 0 Å². The molecule has 2 rings (SSSR count). The van der Waals surface area contributed by atoms with Crippen LogP contribution in [0.25, 0.3) is 0 Å². The standard InChI is InChI=1S/C16H24F3N3O/c1-10-7-12(11(2)23-10)9-21-15(20-3)22-14-6-4-5-13(8-14)16(17,18)19/h7,13-14H,4-6,8-9H2,1-3H3,(H2,20,21,22). The Morgan fingerprint density at radius 2 is 2.09 bits per heavy atom. The molecule has 1 aliphatic rings. The van der Waals surface area contributed by atoms with Gasteiger partial charge in [0.25, 0.3) is 0 Å². The minimum atomic E-state index is -4.11. The predicted molar refractivity (Wildman–Crippen MR) is 83.3 cm³/mol. The summed E-state index contributed by atoms with van der Waals surface area (Å²) in [6.07, 6.45) is -2.46. The quantitative estimate of drug-likeness (QED) is 0.656. The lowest BCUT2D eigenvalue weighted by molar-refractivity contribution is -0.183. The summed E-state index contributed by atoms with van der Waals surface area (Å²) in [6.45, 7) is 4.29. The molecule has 0 radical (unpaired) electrons. The second-order valence-electron chi connectivity index (χ2n) is 6.11. The van der Waals surface area contributed by atoms with Crippen LogP contribution >= 0.6 is 0 Å². The number of hydrogen-bond acceptors (Lipinski definition) is 2. The molecule has 130 valence electrons. The van der Waals surface area contributed by atoms with Crippen LogP contribution in [0.15, 0.2) is 15.5 Å². The Hall–Kier alpha value is -1.66. The molecule has 1 saturated carbocycles. The van der Waals surface area contributed by atoms with Crippen molar-refractivity contribution in [3.8, 4) is 0 Å². The number of hydrogen-bond donors (Lipinski definition) is 2. The maximum Gasteiger partial charge on any atom is 0.391 e. The number of nitrogens with zero attached hydrogens (tertiary/aromatic N) is 1. The molecule has 2 unspecified atom stereocenters. The third kappa shape index (κ3) is 4.91. The monoisotopic (exact) mass is 331 g/mol. The van der Waals surface area contributed by atoms with E-state index >= 15 is 0 Å². The zero-order valence-corrected chi connectivity index (χ0v) is 13.8. The largest absolute Gasteiger partial charge is 0.466 e. The van der Waals surface area contributed by atoms with E-state index in [1.165, 1.54) is 0 Å². The lowest BCUT2D eigenvalue weighted by Crippen LogP contribution is -2.46. The van der Waals surface area contributed by atoms with Crippen LogP contribution in [0.1, 0.15) is 42.8 Å². The third-order valence-electron chi connectivity index (χ3n) is 4.29. The predicted octanol–water partition coefficient (Wildman–Crippen LogP) is 3.68. The molecule has 0 aliphatic heterocycles. The summed E-state index contributed by atoms with van der Waals surface area (Å²) in [5.74, 6) is 0.976. The molecule has 1 aromatic rings. The van der Waals surface area contributed by atoms with Gasteiger partial charge in [-0.1, -0.05) is 6.42 Å². The van der Waals surface area contributed by atoms with Gasteiger partial charge in [-0.2, -0.15) is 13.2 Å². The molecule has 2 atom stereocenters. The van der Waals surface area contributed by atoms with E-state index in [4.69, 9.17) is 4.42 Å². The fourth-order valence-electron chi connectivity index (χ4n) is 3.04. The average molecular weight is 331 g/mol. The second-order valence-corrected chi connectivity index (χ2v) is 6.11. The van der Waals surface area contributed by atoms with Crippen LogP contribution in [-0.4, -0.2) is 25.2 Å². The first-order valence-corrected chi connectivity index (χ1v) is 7.89. The number of aryl methyl sites for hydroxylation is 2. The molecule has 23 heavy (non-hydrogen) atoms. The first-order chi connectivity index (χ1) is 10.8. The van der Waals surface area contributed by atoms with E-state index < -0.39 is 12.1 Å². The van der Waals surface area contributed by atoms with Crippen LogP contribution in [0, 0.1) is 19.8 Å². The van der Waals surface area contributed by atoms with E-state index in [2.05, 4.69) is 15.6 Å². The van der Waals surface area contributed by atoms with Gasteiger partial charge in [0.2, 0.25) is 0 Å². The van der Waals surface area contributed by atoms with E-state index in [0.29, 0.717) is 18.9 Å². The fourth-order valence-corrected chi connectivity index (χ4v) is 3.04. The molecule has 4 nitrogen and oxygen atoms in total. The highest BCUT2D eigenvalue weighted by Gasteiger charge is 2.42. The molecule has 1 fully saturated rings. The van der Waals surface area contributed by atoms with E-state index in [1.54, 1.807) is 7.05 Å². The summed E-state index contributed by atoms with van der Waals surface area (Å²) in [6, 6.07) is 1.74. The Kier molecular flexibility index (Phi) is 5.59. The number of furan rings is 1. The van der Waals surface area contributed by atoms with Gasteiger partial charge >= 0.3 is 6.18 Å². The highest BCUT2D eigenvalue weighted by Crippen LogP contribution is 2.37. The van der Waals surface area contributed by atoms with Gasteiger partial charge < -0.3 is 15.1 Å². The molecule has 0 saturated heterocycles. The van der Waals surface area contributed by atoms with Crippen molar-refractivity contribution in [1.82, 2.24) is 10.6 Å². The van der Waals surface area contributed by atoms with Crippen LogP contribution < -0.4 is 10.6 Å². The molecule has 1 heterocycles. The van der Waals surface area contributed by atoms with Crippen LogP contribution in [0.5, 0.6) is 0 Å². The van der Waals surface area contributed by atoms with E-state index in [1.807, 2.05) is 19.9 Å². The minimum absolute atomic E-state index is 0.105. The van der Waals surface area contributed by atoms with Crippen LogP contribution in [0.2, 0.25) is 0 Å². The zero-order chi connectivity index (χ0) is 17.0. The van der Waals surface area contributed by atoms with Gasteiger partial charge in [0.15, 0.2) is 5.96 Å². The second kappa shape index (κ2) is 7.27. The Labute approximate surface area is 134 Å². The topological polar surface area (TPSA) is 49.6 Å². The molecule has 1 aliphatic carbocycles. The number of alkyl halides is 3. The molecule has 0 spiro atoms. The molecular formula is C16H24F3N3O. The lowest BCUT2D eigenvalue weighted by atomic mass is 9.85. The Morgan fingerprint density at radius 1 is 1.35 bits per heavy atom. The van der Waals surface area contributed by atoms with Crippen LogP contribution in [-0.2, 0) is 6.54 Å². The van der Waals surface area contributed by atoms with E-state index in [9.17, 15) is 13.2 Å². The van der Waals surface area contributed by atoms with E-state index in [0.717, 1.165) is 23.5 Å². The Morgan fingerprint density at radius 3 is 2.65 bits per heavy atom. The highest BCUT2D eigenvalue weighted by molar-refractivity contribution is 5.80. The highest BCUT2D eigenvalue weighted by atomic mass is 19.4. The van der Waals surface area contributed by atoms with Crippen molar-refractivity contribution in [2.45, 2.75) is 58.3 Å². The van der Waals surface area contributed by atoms with E-state index in [-0.39, 0.29) is 18.9 Å². The summed E-state index contributed by atoms with van der Waals surface area (Å²) >= 11 is 0. The summed E-state index contributed by atoms with van der Waals surface area (Å²) < 4.78 is 44.1. The minimum Gasteiger partial charge on any atom is -0.466 e. The normalized spacial score (nSPS) is 23.0. The number of halogens is 3. The molecular weight excluding hydrogens is 307 g/mol. The SMILES string of the molecule is CN=C(NCc1cc(C)oc1C)NC1CCCC(C(F)(F)F)C1. The maximum absolute atomic E-state index is 12.9. The van der Waals surface area contributed by atoms with Crippen molar-refractivity contribution < 1.29 is 17.6 Å². The summed E-state index contributed by atoms with van der Waals surface area (Å²) in [7, 11) is 1.62. The number of guanidine groups is 1. The van der Waals surface area contributed by atoms with Gasteiger partial charge in [-0.15, -0.1) is 0 Å². The van der Waals surface area contributed by atoms with Gasteiger partial charge in [0.1, 0.15) is 11.5 Å². The molecule has 2 N–H and O–H groups in total. The number of nitrogens with one attached hydrogen (secondary N) is 2.